The Morgan fingerprint density at radius 1 is 1.03 bits per heavy atom. The minimum absolute atomic E-state index is 0.0412. The van der Waals surface area contributed by atoms with E-state index in [9.17, 15) is 19.5 Å². The Bertz CT molecular complexity index is 1020. The summed E-state index contributed by atoms with van der Waals surface area (Å²) in [6.07, 6.45) is -0.954. The van der Waals surface area contributed by atoms with E-state index in [1.807, 2.05) is 36.4 Å². The number of amides is 2. The smallest absolute Gasteiger partial charge is 0.407 e. The Hall–Kier alpha value is -2.96. The van der Waals surface area contributed by atoms with E-state index in [-0.39, 0.29) is 31.7 Å². The molecule has 0 heterocycles. The monoisotopic (exact) mass is 500 g/mol. The van der Waals surface area contributed by atoms with Gasteiger partial charge in [-0.05, 0) is 56.1 Å². The molecule has 0 aliphatic heterocycles. The Morgan fingerprint density at radius 2 is 1.60 bits per heavy atom. The lowest BCUT2D eigenvalue weighted by molar-refractivity contribution is -0.155. The molecule has 2 atom stereocenters. The molecule has 0 saturated carbocycles. The molecule has 9 heteroatoms. The van der Waals surface area contributed by atoms with Crippen LogP contribution >= 0.6 is 8.07 Å². The third-order valence-electron chi connectivity index (χ3n) is 5.52. The third kappa shape index (κ3) is 7.26. The van der Waals surface area contributed by atoms with Gasteiger partial charge in [0.05, 0.1) is 6.35 Å². The van der Waals surface area contributed by atoms with Crippen molar-refractivity contribution in [3.8, 4) is 11.1 Å². The molecular formula is C26H33N2O6P. The third-order valence-corrected chi connectivity index (χ3v) is 6.55. The summed E-state index contributed by atoms with van der Waals surface area (Å²) in [5.74, 6) is -1.06. The number of hydrogen-bond acceptors (Lipinski definition) is 6. The molecule has 1 aliphatic rings. The molecule has 0 aromatic heterocycles. The number of nitrogens with one attached hydrogen (secondary N) is 2. The maximum absolute atomic E-state index is 12.7. The first-order chi connectivity index (χ1) is 16.6. The van der Waals surface area contributed by atoms with Crippen molar-refractivity contribution in [1.82, 2.24) is 10.4 Å². The molecule has 2 aromatic rings. The highest BCUT2D eigenvalue weighted by Gasteiger charge is 2.30. The van der Waals surface area contributed by atoms with Crippen LogP contribution in [0.4, 0.5) is 4.79 Å². The summed E-state index contributed by atoms with van der Waals surface area (Å²) in [7, 11) is -1.15. The van der Waals surface area contributed by atoms with E-state index in [1.54, 1.807) is 27.4 Å². The van der Waals surface area contributed by atoms with Crippen LogP contribution in [0.1, 0.15) is 50.7 Å². The number of aliphatic hydroxyl groups is 1. The summed E-state index contributed by atoms with van der Waals surface area (Å²) in [4.78, 5) is 37.5. The topological polar surface area (TPSA) is 114 Å². The van der Waals surface area contributed by atoms with Crippen LogP contribution < -0.4 is 10.4 Å². The molecule has 0 radical (unpaired) electrons. The average molecular weight is 501 g/mol. The van der Waals surface area contributed by atoms with Gasteiger partial charge in [-0.1, -0.05) is 48.5 Å². The number of alkyl carbamates (subject to hydrolysis) is 1. The van der Waals surface area contributed by atoms with Gasteiger partial charge in [-0.3, -0.25) is 9.59 Å². The van der Waals surface area contributed by atoms with Gasteiger partial charge in [0.2, 0.25) is 5.91 Å². The van der Waals surface area contributed by atoms with Gasteiger partial charge in [-0.15, -0.1) is 0 Å². The van der Waals surface area contributed by atoms with Crippen LogP contribution in [-0.2, 0) is 19.1 Å². The molecule has 3 rings (SSSR count). The second kappa shape index (κ2) is 11.6. The van der Waals surface area contributed by atoms with Crippen molar-refractivity contribution < 1.29 is 29.0 Å². The summed E-state index contributed by atoms with van der Waals surface area (Å²) in [5.41, 5.74) is 3.75. The molecule has 1 aliphatic carbocycles. The molecule has 8 nitrogen and oxygen atoms in total. The molecule has 0 fully saturated rings. The Kier molecular flexibility index (Phi) is 8.87. The first-order valence-corrected chi connectivity index (χ1v) is 13.5. The number of carbonyl (C=O) groups is 3. The van der Waals surface area contributed by atoms with E-state index < -0.39 is 37.7 Å². The molecule has 0 saturated heterocycles. The number of esters is 1. The lowest BCUT2D eigenvalue weighted by Crippen LogP contribution is -2.46. The summed E-state index contributed by atoms with van der Waals surface area (Å²) in [6.45, 7) is 7.09. The summed E-state index contributed by atoms with van der Waals surface area (Å²) in [5, 5.41) is 14.6. The molecule has 2 unspecified atom stereocenters. The van der Waals surface area contributed by atoms with E-state index in [0.717, 1.165) is 22.3 Å². The number of rotatable bonds is 9. The standard InChI is InChI=1S/C26H33N2O6P/c1-26(2,3)34-23(30)14-13-22(24(31)28-35(4)16-29)27-25(32)33-15-21-19-11-7-5-9-17(19)18-10-6-8-12-20(18)21/h5-12,21-22,29H,13-16H2,1-4H3,(H,27,32)(H,28,31). The van der Waals surface area contributed by atoms with Crippen molar-refractivity contribution in [2.45, 2.75) is 51.2 Å². The zero-order valence-electron chi connectivity index (χ0n) is 20.5. The van der Waals surface area contributed by atoms with Gasteiger partial charge in [0.15, 0.2) is 0 Å². The van der Waals surface area contributed by atoms with Crippen molar-refractivity contribution in [2.75, 3.05) is 19.6 Å². The van der Waals surface area contributed by atoms with Crippen LogP contribution in [0.2, 0.25) is 0 Å². The fourth-order valence-corrected chi connectivity index (χ4v) is 4.61. The minimum atomic E-state index is -1.15. The number of ether oxygens (including phenoxy) is 2. The minimum Gasteiger partial charge on any atom is -0.460 e. The molecule has 2 amide bonds. The van der Waals surface area contributed by atoms with Gasteiger partial charge < -0.3 is 25.0 Å². The summed E-state index contributed by atoms with van der Waals surface area (Å²) >= 11 is 0. The lowest BCUT2D eigenvalue weighted by Gasteiger charge is -2.23. The quantitative estimate of drug-likeness (QED) is 0.353. The first kappa shape index (κ1) is 26.6. The largest absolute Gasteiger partial charge is 0.460 e. The van der Waals surface area contributed by atoms with Crippen molar-refractivity contribution in [2.24, 2.45) is 0 Å². The molecule has 188 valence electrons. The average Bonchev–Trinajstić information content (AvgIpc) is 3.12. The highest BCUT2D eigenvalue weighted by molar-refractivity contribution is 7.55. The van der Waals surface area contributed by atoms with Crippen LogP contribution in [0.25, 0.3) is 11.1 Å². The van der Waals surface area contributed by atoms with E-state index in [4.69, 9.17) is 9.47 Å². The van der Waals surface area contributed by atoms with Gasteiger partial charge >= 0.3 is 12.1 Å². The highest BCUT2D eigenvalue weighted by Crippen LogP contribution is 2.44. The van der Waals surface area contributed by atoms with Crippen LogP contribution in [0.3, 0.4) is 0 Å². The maximum Gasteiger partial charge on any atom is 0.407 e. The molecule has 35 heavy (non-hydrogen) atoms. The Balaban J connectivity index is 1.65. The van der Waals surface area contributed by atoms with Crippen LogP contribution in [-0.4, -0.2) is 54.3 Å². The number of hydrogen-bond donors (Lipinski definition) is 3. The van der Waals surface area contributed by atoms with Crippen molar-refractivity contribution >= 4 is 26.0 Å². The van der Waals surface area contributed by atoms with E-state index in [0.29, 0.717) is 0 Å². The predicted octanol–water partition coefficient (Wildman–Crippen LogP) is 4.11. The fraction of sp³-hybridized carbons (Fsp3) is 0.423. The Labute approximate surface area is 207 Å². The molecule has 0 bridgehead atoms. The van der Waals surface area contributed by atoms with Gasteiger partial charge in [0.1, 0.15) is 18.2 Å². The molecule has 3 N–H and O–H groups in total. The van der Waals surface area contributed by atoms with Crippen molar-refractivity contribution in [1.29, 1.82) is 0 Å². The molecule has 2 aromatic carbocycles. The van der Waals surface area contributed by atoms with Gasteiger partial charge in [-0.2, -0.15) is 0 Å². The second-order valence-corrected chi connectivity index (χ2v) is 11.4. The maximum atomic E-state index is 12.7. The van der Waals surface area contributed by atoms with Crippen molar-refractivity contribution in [3.05, 3.63) is 59.7 Å². The van der Waals surface area contributed by atoms with Gasteiger partial charge in [0, 0.05) is 20.4 Å². The Morgan fingerprint density at radius 3 is 2.14 bits per heavy atom. The first-order valence-electron chi connectivity index (χ1n) is 11.5. The SMILES string of the molecule is CP(CO)NC(=O)C(CCC(=O)OC(C)(C)C)NC(=O)OCC1c2ccccc2-c2ccccc21. The number of carbonyl (C=O) groups excluding carboxylic acids is 3. The number of benzene rings is 2. The van der Waals surface area contributed by atoms with Crippen LogP contribution in [0, 0.1) is 0 Å². The highest BCUT2D eigenvalue weighted by atomic mass is 31.1. The zero-order chi connectivity index (χ0) is 25.6. The molecule has 0 spiro atoms. The van der Waals surface area contributed by atoms with Crippen LogP contribution in [0.5, 0.6) is 0 Å². The van der Waals surface area contributed by atoms with Crippen LogP contribution in [0.15, 0.2) is 48.5 Å². The van der Waals surface area contributed by atoms with Gasteiger partial charge in [0.25, 0.3) is 0 Å². The van der Waals surface area contributed by atoms with E-state index in [1.165, 1.54) is 0 Å². The molecular weight excluding hydrogens is 467 g/mol. The van der Waals surface area contributed by atoms with Crippen molar-refractivity contribution in [3.63, 3.8) is 0 Å². The lowest BCUT2D eigenvalue weighted by atomic mass is 9.98. The normalized spacial score (nSPS) is 14.3. The number of aliphatic hydroxyl groups excluding tert-OH is 1. The number of fused-ring (bicyclic) bond motifs is 3. The van der Waals surface area contributed by atoms with E-state index in [2.05, 4.69) is 22.5 Å². The van der Waals surface area contributed by atoms with Gasteiger partial charge in [-0.25, -0.2) is 4.79 Å². The zero-order valence-corrected chi connectivity index (χ0v) is 21.4. The fourth-order valence-electron chi connectivity index (χ4n) is 4.01. The summed E-state index contributed by atoms with van der Waals surface area (Å²) in [6, 6.07) is 15.0. The predicted molar refractivity (Wildman–Crippen MR) is 135 cm³/mol. The second-order valence-electron chi connectivity index (χ2n) is 9.46. The van der Waals surface area contributed by atoms with E-state index >= 15 is 0 Å². The summed E-state index contributed by atoms with van der Waals surface area (Å²) < 4.78 is 10.9.